The second-order valence-electron chi connectivity index (χ2n) is 5.12. The van der Waals surface area contributed by atoms with Crippen molar-refractivity contribution in [3.05, 3.63) is 66.2 Å². The van der Waals surface area contributed by atoms with Crippen LogP contribution in [-0.4, -0.2) is 24.6 Å². The second-order valence-corrected chi connectivity index (χ2v) is 5.12. The molecule has 0 unspecified atom stereocenters. The standard InChI is InChI=1S/C19H19N3O3/c1-14(11-12-15-7-4-3-5-8-15)21-22-19(24)18(23)20-16-9-6-10-17(13-16)25-2/h3-13H,1-2H3,(H,20,23)(H,22,24)/b12-11+,21-14-. The Morgan fingerprint density at radius 3 is 2.52 bits per heavy atom. The number of anilines is 1. The lowest BCUT2D eigenvalue weighted by Gasteiger charge is -2.06. The Morgan fingerprint density at radius 1 is 1.04 bits per heavy atom. The fourth-order valence-corrected chi connectivity index (χ4v) is 1.90. The van der Waals surface area contributed by atoms with Gasteiger partial charge in [-0.05, 0) is 30.7 Å². The predicted octanol–water partition coefficient (Wildman–Crippen LogP) is 2.84. The minimum atomic E-state index is -0.852. The third-order valence-corrected chi connectivity index (χ3v) is 3.18. The fourth-order valence-electron chi connectivity index (χ4n) is 1.90. The number of amides is 2. The lowest BCUT2D eigenvalue weighted by molar-refractivity contribution is -0.136. The van der Waals surface area contributed by atoms with Crippen molar-refractivity contribution in [2.75, 3.05) is 12.4 Å². The van der Waals surface area contributed by atoms with E-state index in [1.807, 2.05) is 36.4 Å². The molecule has 0 fully saturated rings. The number of allylic oxidation sites excluding steroid dienone is 1. The SMILES string of the molecule is COc1cccc(NC(=O)C(=O)N/N=C(C)\C=C\c2ccccc2)c1. The summed E-state index contributed by atoms with van der Waals surface area (Å²) < 4.78 is 5.06. The van der Waals surface area contributed by atoms with Gasteiger partial charge >= 0.3 is 11.8 Å². The van der Waals surface area contributed by atoms with Gasteiger partial charge in [-0.15, -0.1) is 0 Å². The van der Waals surface area contributed by atoms with Crippen molar-refractivity contribution in [3.8, 4) is 5.75 Å². The molecule has 2 amide bonds. The van der Waals surface area contributed by atoms with Crippen LogP contribution in [0.1, 0.15) is 12.5 Å². The van der Waals surface area contributed by atoms with E-state index in [9.17, 15) is 9.59 Å². The van der Waals surface area contributed by atoms with Crippen LogP contribution in [0.3, 0.4) is 0 Å². The van der Waals surface area contributed by atoms with Crippen LogP contribution in [0.25, 0.3) is 6.08 Å². The normalized spacial score (nSPS) is 11.2. The maximum absolute atomic E-state index is 11.9. The summed E-state index contributed by atoms with van der Waals surface area (Å²) in [4.78, 5) is 23.6. The lowest BCUT2D eigenvalue weighted by Crippen LogP contribution is -2.32. The molecule has 2 rings (SSSR count). The van der Waals surface area contributed by atoms with Crippen molar-refractivity contribution in [3.63, 3.8) is 0 Å². The van der Waals surface area contributed by atoms with Gasteiger partial charge < -0.3 is 10.1 Å². The highest BCUT2D eigenvalue weighted by atomic mass is 16.5. The predicted molar refractivity (Wildman–Crippen MR) is 98.4 cm³/mol. The molecule has 6 heteroatoms. The number of hydrazone groups is 1. The molecule has 2 aromatic rings. The molecule has 0 atom stereocenters. The van der Waals surface area contributed by atoms with E-state index >= 15 is 0 Å². The molecule has 2 N–H and O–H groups in total. The Bertz CT molecular complexity index is 799. The first-order valence-electron chi connectivity index (χ1n) is 7.61. The van der Waals surface area contributed by atoms with E-state index < -0.39 is 11.8 Å². The maximum Gasteiger partial charge on any atom is 0.329 e. The maximum atomic E-state index is 11.9. The Morgan fingerprint density at radius 2 is 1.80 bits per heavy atom. The number of rotatable bonds is 5. The van der Waals surface area contributed by atoms with Gasteiger partial charge in [0.25, 0.3) is 0 Å². The molecule has 0 aliphatic carbocycles. The quantitative estimate of drug-likeness (QED) is 0.500. The van der Waals surface area contributed by atoms with E-state index in [0.717, 1.165) is 5.56 Å². The van der Waals surface area contributed by atoms with Crippen LogP contribution in [0.15, 0.2) is 65.8 Å². The van der Waals surface area contributed by atoms with Gasteiger partial charge in [-0.25, -0.2) is 5.43 Å². The number of nitrogens with zero attached hydrogens (tertiary/aromatic N) is 1. The van der Waals surface area contributed by atoms with Gasteiger partial charge in [-0.2, -0.15) is 5.10 Å². The monoisotopic (exact) mass is 337 g/mol. The van der Waals surface area contributed by atoms with E-state index in [4.69, 9.17) is 4.74 Å². The van der Waals surface area contributed by atoms with Crippen molar-refractivity contribution in [2.24, 2.45) is 5.10 Å². The third kappa shape index (κ3) is 5.95. The number of methoxy groups -OCH3 is 1. The number of hydrogen-bond donors (Lipinski definition) is 2. The van der Waals surface area contributed by atoms with E-state index in [2.05, 4.69) is 15.8 Å². The van der Waals surface area contributed by atoms with Gasteiger partial charge in [-0.3, -0.25) is 9.59 Å². The highest BCUT2D eigenvalue weighted by Crippen LogP contribution is 2.16. The van der Waals surface area contributed by atoms with Crippen molar-refractivity contribution < 1.29 is 14.3 Å². The Hall–Kier alpha value is -3.41. The molecule has 0 aromatic heterocycles. The number of benzene rings is 2. The summed E-state index contributed by atoms with van der Waals surface area (Å²) in [6.45, 7) is 1.72. The zero-order chi connectivity index (χ0) is 18.1. The van der Waals surface area contributed by atoms with Crippen LogP contribution in [0, 0.1) is 0 Å². The zero-order valence-electron chi connectivity index (χ0n) is 14.0. The van der Waals surface area contributed by atoms with Crippen molar-refractivity contribution in [1.82, 2.24) is 5.43 Å². The van der Waals surface area contributed by atoms with Gasteiger partial charge in [0.2, 0.25) is 0 Å². The molecule has 0 radical (unpaired) electrons. The van der Waals surface area contributed by atoms with Crippen LogP contribution in [0.5, 0.6) is 5.75 Å². The van der Waals surface area contributed by atoms with Crippen molar-refractivity contribution in [1.29, 1.82) is 0 Å². The van der Waals surface area contributed by atoms with Gasteiger partial charge in [0.1, 0.15) is 5.75 Å². The number of ether oxygens (including phenoxy) is 1. The van der Waals surface area contributed by atoms with E-state index in [1.165, 1.54) is 7.11 Å². The topological polar surface area (TPSA) is 79.8 Å². The first kappa shape index (κ1) is 17.9. The van der Waals surface area contributed by atoms with Crippen molar-refractivity contribution >= 4 is 29.3 Å². The molecule has 0 heterocycles. The van der Waals surface area contributed by atoms with Crippen LogP contribution in [0.2, 0.25) is 0 Å². The summed E-state index contributed by atoms with van der Waals surface area (Å²) in [6.07, 6.45) is 3.61. The lowest BCUT2D eigenvalue weighted by atomic mass is 10.2. The molecular formula is C19H19N3O3. The number of nitrogens with one attached hydrogen (secondary N) is 2. The molecule has 25 heavy (non-hydrogen) atoms. The third-order valence-electron chi connectivity index (χ3n) is 3.18. The van der Waals surface area contributed by atoms with Crippen LogP contribution >= 0.6 is 0 Å². The first-order valence-corrected chi connectivity index (χ1v) is 7.61. The smallest absolute Gasteiger partial charge is 0.329 e. The molecule has 0 saturated carbocycles. The van der Waals surface area contributed by atoms with Gasteiger partial charge in [0.05, 0.1) is 12.8 Å². The number of carbonyl (C=O) groups excluding carboxylic acids is 2. The molecule has 0 aliphatic heterocycles. The average Bonchev–Trinajstić information content (AvgIpc) is 2.65. The molecule has 0 bridgehead atoms. The van der Waals surface area contributed by atoms with E-state index in [0.29, 0.717) is 17.1 Å². The van der Waals surface area contributed by atoms with E-state index in [-0.39, 0.29) is 0 Å². The van der Waals surface area contributed by atoms with Gasteiger partial charge in [0.15, 0.2) is 0 Å². The Labute approximate surface area is 146 Å². The highest BCUT2D eigenvalue weighted by Gasteiger charge is 2.13. The molecular weight excluding hydrogens is 318 g/mol. The molecule has 6 nitrogen and oxygen atoms in total. The average molecular weight is 337 g/mol. The van der Waals surface area contributed by atoms with Crippen LogP contribution < -0.4 is 15.5 Å². The Balaban J connectivity index is 1.89. The number of carbonyl (C=O) groups is 2. The van der Waals surface area contributed by atoms with E-state index in [1.54, 1.807) is 37.3 Å². The molecule has 128 valence electrons. The summed E-state index contributed by atoms with van der Waals surface area (Å²) in [5.41, 5.74) is 4.26. The minimum absolute atomic E-state index is 0.462. The number of hydrogen-bond acceptors (Lipinski definition) is 4. The highest BCUT2D eigenvalue weighted by molar-refractivity contribution is 6.39. The molecule has 0 saturated heterocycles. The fraction of sp³-hybridized carbons (Fsp3) is 0.105. The second kappa shape index (κ2) is 9.02. The molecule has 2 aromatic carbocycles. The first-order chi connectivity index (χ1) is 12.1. The summed E-state index contributed by atoms with van der Waals surface area (Å²) in [5, 5.41) is 6.36. The zero-order valence-corrected chi connectivity index (χ0v) is 14.0. The van der Waals surface area contributed by atoms with Gasteiger partial charge in [-0.1, -0.05) is 42.5 Å². The summed E-state index contributed by atoms with van der Waals surface area (Å²) in [6, 6.07) is 16.4. The summed E-state index contributed by atoms with van der Waals surface area (Å²) in [5.74, 6) is -1.08. The van der Waals surface area contributed by atoms with Crippen LogP contribution in [-0.2, 0) is 9.59 Å². The Kier molecular flexibility index (Phi) is 6.47. The van der Waals surface area contributed by atoms with Gasteiger partial charge in [0, 0.05) is 11.8 Å². The summed E-state index contributed by atoms with van der Waals surface area (Å²) >= 11 is 0. The molecule has 0 aliphatic rings. The van der Waals surface area contributed by atoms with Crippen LogP contribution in [0.4, 0.5) is 5.69 Å². The molecule has 0 spiro atoms. The van der Waals surface area contributed by atoms with Crippen molar-refractivity contribution in [2.45, 2.75) is 6.92 Å². The summed E-state index contributed by atoms with van der Waals surface area (Å²) in [7, 11) is 1.52. The largest absolute Gasteiger partial charge is 0.497 e. The minimum Gasteiger partial charge on any atom is -0.497 e.